The van der Waals surface area contributed by atoms with Gasteiger partial charge in [0.05, 0.1) is 10.0 Å². The molecule has 0 spiro atoms. The lowest BCUT2D eigenvalue weighted by Gasteiger charge is -2.14. The molecule has 0 atom stereocenters. The Kier molecular flexibility index (Phi) is 6.46. The summed E-state index contributed by atoms with van der Waals surface area (Å²) in [4.78, 5) is 12.1. The lowest BCUT2D eigenvalue weighted by atomic mass is 9.98. The van der Waals surface area contributed by atoms with Gasteiger partial charge in [0.15, 0.2) is 5.82 Å². The second kappa shape index (κ2) is 9.43. The Morgan fingerprint density at radius 3 is 2.19 bits per heavy atom. The number of halogens is 3. The zero-order chi connectivity index (χ0) is 21.8. The fourth-order valence-electron chi connectivity index (χ4n) is 3.67. The zero-order valence-electron chi connectivity index (χ0n) is 16.4. The van der Waals surface area contributed by atoms with Crippen LogP contribution in [0.4, 0.5) is 9.18 Å². The number of amides is 1. The molecular formula is C25H18Cl2FNO2. The van der Waals surface area contributed by atoms with Gasteiger partial charge in [-0.2, -0.15) is 0 Å². The van der Waals surface area contributed by atoms with Crippen LogP contribution in [0.2, 0.25) is 10.0 Å². The minimum Gasteiger partial charge on any atom is -0.449 e. The molecule has 1 aliphatic carbocycles. The molecule has 0 fully saturated rings. The van der Waals surface area contributed by atoms with Crippen LogP contribution >= 0.6 is 23.2 Å². The highest BCUT2D eigenvalue weighted by atomic mass is 35.5. The van der Waals surface area contributed by atoms with Gasteiger partial charge in [-0.3, -0.25) is 0 Å². The van der Waals surface area contributed by atoms with Gasteiger partial charge >= 0.3 is 6.09 Å². The van der Waals surface area contributed by atoms with Crippen molar-refractivity contribution in [2.45, 2.75) is 12.3 Å². The third-order valence-corrected chi connectivity index (χ3v) is 5.63. The molecule has 3 aromatic rings. The molecule has 0 aromatic heterocycles. The highest BCUT2D eigenvalue weighted by Crippen LogP contribution is 2.44. The molecule has 0 saturated heterocycles. The molecule has 0 aliphatic heterocycles. The Morgan fingerprint density at radius 1 is 1.00 bits per heavy atom. The van der Waals surface area contributed by atoms with Crippen LogP contribution in [0.15, 0.2) is 60.7 Å². The summed E-state index contributed by atoms with van der Waals surface area (Å²) < 4.78 is 18.9. The van der Waals surface area contributed by atoms with E-state index >= 15 is 0 Å². The molecule has 0 bridgehead atoms. The van der Waals surface area contributed by atoms with Crippen LogP contribution in [-0.4, -0.2) is 19.2 Å². The number of hydrogen-bond donors (Lipinski definition) is 1. The van der Waals surface area contributed by atoms with E-state index in [1.807, 2.05) is 24.3 Å². The quantitative estimate of drug-likeness (QED) is 0.281. The highest BCUT2D eigenvalue weighted by Gasteiger charge is 2.28. The maximum Gasteiger partial charge on any atom is 0.407 e. The Balaban J connectivity index is 1.29. The normalized spacial score (nSPS) is 11.8. The van der Waals surface area contributed by atoms with Crippen molar-refractivity contribution in [3.05, 3.63) is 93.2 Å². The van der Waals surface area contributed by atoms with Gasteiger partial charge in [-0.1, -0.05) is 83.6 Å². The SMILES string of the molecule is O=C(NCCC#Cc1cc(Cl)c(F)c(Cl)c1)OCC1c2ccccc2-c2ccccc21. The number of nitrogens with one attached hydrogen (secondary N) is 1. The summed E-state index contributed by atoms with van der Waals surface area (Å²) in [6.07, 6.45) is -0.0897. The van der Waals surface area contributed by atoms with E-state index in [0.29, 0.717) is 18.5 Å². The van der Waals surface area contributed by atoms with Gasteiger partial charge < -0.3 is 10.1 Å². The third-order valence-electron chi connectivity index (χ3n) is 5.08. The molecule has 0 unspecified atom stereocenters. The lowest BCUT2D eigenvalue weighted by molar-refractivity contribution is 0.143. The average molecular weight is 454 g/mol. The molecule has 1 N–H and O–H groups in total. The minimum absolute atomic E-state index is 0.0194. The van der Waals surface area contributed by atoms with Crippen molar-refractivity contribution in [3.8, 4) is 23.0 Å². The van der Waals surface area contributed by atoms with E-state index in [9.17, 15) is 9.18 Å². The number of rotatable bonds is 4. The first-order valence-electron chi connectivity index (χ1n) is 9.77. The molecule has 156 valence electrons. The second-order valence-electron chi connectivity index (χ2n) is 7.06. The fourth-order valence-corrected chi connectivity index (χ4v) is 4.16. The first-order chi connectivity index (χ1) is 15.0. The molecule has 3 aromatic carbocycles. The van der Waals surface area contributed by atoms with Crippen molar-refractivity contribution >= 4 is 29.3 Å². The molecule has 31 heavy (non-hydrogen) atoms. The number of ether oxygens (including phenoxy) is 1. The predicted octanol–water partition coefficient (Wildman–Crippen LogP) is 6.41. The number of carbonyl (C=O) groups is 1. The van der Waals surface area contributed by atoms with Crippen LogP contribution in [0.3, 0.4) is 0 Å². The van der Waals surface area contributed by atoms with Crippen LogP contribution < -0.4 is 5.32 Å². The number of fused-ring (bicyclic) bond motifs is 3. The topological polar surface area (TPSA) is 38.3 Å². The van der Waals surface area contributed by atoms with Crippen molar-refractivity contribution in [3.63, 3.8) is 0 Å². The number of carbonyl (C=O) groups excluding carboxylic acids is 1. The zero-order valence-corrected chi connectivity index (χ0v) is 17.9. The highest BCUT2D eigenvalue weighted by molar-refractivity contribution is 6.35. The van der Waals surface area contributed by atoms with E-state index in [2.05, 4.69) is 41.4 Å². The fraction of sp³-hybridized carbons (Fsp3) is 0.160. The molecule has 4 rings (SSSR count). The van der Waals surface area contributed by atoms with Gasteiger partial charge in [-0.05, 0) is 34.4 Å². The minimum atomic E-state index is -0.661. The maximum atomic E-state index is 13.4. The van der Waals surface area contributed by atoms with Gasteiger partial charge in [0, 0.05) is 24.4 Å². The van der Waals surface area contributed by atoms with E-state index in [4.69, 9.17) is 27.9 Å². The van der Waals surface area contributed by atoms with Crippen molar-refractivity contribution in [2.24, 2.45) is 0 Å². The van der Waals surface area contributed by atoms with Gasteiger partial charge in [0.2, 0.25) is 0 Å². The van der Waals surface area contributed by atoms with Gasteiger partial charge in [0.1, 0.15) is 6.61 Å². The lowest BCUT2D eigenvalue weighted by Crippen LogP contribution is -2.26. The number of benzene rings is 3. The largest absolute Gasteiger partial charge is 0.449 e. The van der Waals surface area contributed by atoms with E-state index in [0.717, 1.165) is 0 Å². The average Bonchev–Trinajstić information content (AvgIpc) is 3.09. The van der Waals surface area contributed by atoms with Crippen molar-refractivity contribution in [2.75, 3.05) is 13.2 Å². The molecule has 1 aliphatic rings. The molecule has 0 saturated carbocycles. The molecule has 0 radical (unpaired) electrons. The Bertz CT molecular complexity index is 1130. The van der Waals surface area contributed by atoms with Crippen LogP contribution in [0.5, 0.6) is 0 Å². The Morgan fingerprint density at radius 2 is 1.58 bits per heavy atom. The summed E-state index contributed by atoms with van der Waals surface area (Å²) in [6.45, 7) is 0.588. The van der Waals surface area contributed by atoms with Crippen molar-refractivity contribution in [1.82, 2.24) is 5.32 Å². The standard InChI is InChI=1S/C25H18Cl2FNO2/c26-22-13-16(14-23(27)24(22)28)7-5-6-12-29-25(30)31-15-21-19-10-3-1-8-17(19)18-9-2-4-11-20(18)21/h1-4,8-11,13-14,21H,6,12,15H2,(H,29,30). The van der Waals surface area contributed by atoms with Crippen molar-refractivity contribution in [1.29, 1.82) is 0 Å². The predicted molar refractivity (Wildman–Crippen MR) is 121 cm³/mol. The number of alkyl carbamates (subject to hydrolysis) is 1. The van der Waals surface area contributed by atoms with E-state index in [1.165, 1.54) is 34.4 Å². The Hall–Kier alpha value is -3.00. The summed E-state index contributed by atoms with van der Waals surface area (Å²) in [5.41, 5.74) is 5.21. The van der Waals surface area contributed by atoms with E-state index < -0.39 is 11.9 Å². The number of hydrogen-bond acceptors (Lipinski definition) is 2. The van der Waals surface area contributed by atoms with E-state index in [1.54, 1.807) is 0 Å². The maximum absolute atomic E-state index is 13.4. The van der Waals surface area contributed by atoms with Gasteiger partial charge in [-0.25, -0.2) is 9.18 Å². The summed E-state index contributed by atoms with van der Waals surface area (Å²) >= 11 is 11.5. The molecule has 0 heterocycles. The van der Waals surface area contributed by atoms with Gasteiger partial charge in [-0.15, -0.1) is 0 Å². The first-order valence-corrected chi connectivity index (χ1v) is 10.5. The Labute approximate surface area is 190 Å². The van der Waals surface area contributed by atoms with Crippen LogP contribution in [0.25, 0.3) is 11.1 Å². The molecule has 6 heteroatoms. The second-order valence-corrected chi connectivity index (χ2v) is 7.87. The van der Waals surface area contributed by atoms with Crippen molar-refractivity contribution < 1.29 is 13.9 Å². The van der Waals surface area contributed by atoms with Crippen LogP contribution in [-0.2, 0) is 4.74 Å². The summed E-state index contributed by atoms with van der Waals surface area (Å²) in [6, 6.07) is 19.2. The summed E-state index contributed by atoms with van der Waals surface area (Å²) in [5.74, 6) is 5.10. The summed E-state index contributed by atoms with van der Waals surface area (Å²) in [5, 5.41) is 2.55. The smallest absolute Gasteiger partial charge is 0.407 e. The summed E-state index contributed by atoms with van der Waals surface area (Å²) in [7, 11) is 0. The molecular weight excluding hydrogens is 436 g/mol. The van der Waals surface area contributed by atoms with Crippen LogP contribution in [0.1, 0.15) is 29.0 Å². The molecule has 1 amide bonds. The monoisotopic (exact) mass is 453 g/mol. The van der Waals surface area contributed by atoms with E-state index in [-0.39, 0.29) is 22.6 Å². The third kappa shape index (κ3) is 4.69. The first kappa shape index (κ1) is 21.2. The molecule has 3 nitrogen and oxygen atoms in total. The van der Waals surface area contributed by atoms with Gasteiger partial charge in [0.25, 0.3) is 0 Å². The van der Waals surface area contributed by atoms with Crippen LogP contribution in [0, 0.1) is 17.7 Å².